The summed E-state index contributed by atoms with van der Waals surface area (Å²) in [6.07, 6.45) is 3.22. The maximum atomic E-state index is 8.73. The van der Waals surface area contributed by atoms with Crippen LogP contribution in [0.2, 0.25) is 0 Å². The summed E-state index contributed by atoms with van der Waals surface area (Å²) >= 11 is 0. The number of nitrogens with two attached hydrogens (primary N) is 1. The van der Waals surface area contributed by atoms with E-state index in [0.29, 0.717) is 12.1 Å². The van der Waals surface area contributed by atoms with Gasteiger partial charge in [-0.3, -0.25) is 4.98 Å². The molecule has 0 fully saturated rings. The molecule has 0 saturated carbocycles. The summed E-state index contributed by atoms with van der Waals surface area (Å²) in [5.74, 6) is 0. The van der Waals surface area contributed by atoms with Gasteiger partial charge in [0, 0.05) is 18.8 Å². The van der Waals surface area contributed by atoms with Crippen molar-refractivity contribution >= 4 is 5.69 Å². The van der Waals surface area contributed by atoms with Crippen molar-refractivity contribution in [3.05, 3.63) is 24.0 Å². The number of nitrogens with one attached hydrogen (secondary N) is 1. The second kappa shape index (κ2) is 4.43. The van der Waals surface area contributed by atoms with E-state index >= 15 is 0 Å². The SMILES string of the molecule is CC(N)CNc1cnccc1C#N. The third-order valence-corrected chi connectivity index (χ3v) is 1.56. The smallest absolute Gasteiger partial charge is 0.101 e. The summed E-state index contributed by atoms with van der Waals surface area (Å²) in [7, 11) is 0. The molecule has 1 aromatic heterocycles. The third-order valence-electron chi connectivity index (χ3n) is 1.56. The van der Waals surface area contributed by atoms with Crippen molar-refractivity contribution in [3.63, 3.8) is 0 Å². The molecular weight excluding hydrogens is 164 g/mol. The Hall–Kier alpha value is -1.60. The summed E-state index contributed by atoms with van der Waals surface area (Å²) in [5.41, 5.74) is 6.90. The van der Waals surface area contributed by atoms with E-state index in [-0.39, 0.29) is 6.04 Å². The summed E-state index contributed by atoms with van der Waals surface area (Å²) < 4.78 is 0. The van der Waals surface area contributed by atoms with E-state index in [0.717, 1.165) is 5.69 Å². The van der Waals surface area contributed by atoms with Gasteiger partial charge in [0.25, 0.3) is 0 Å². The van der Waals surface area contributed by atoms with Crippen LogP contribution >= 0.6 is 0 Å². The van der Waals surface area contributed by atoms with Gasteiger partial charge in [0.15, 0.2) is 0 Å². The molecule has 13 heavy (non-hydrogen) atoms. The molecule has 0 saturated heterocycles. The summed E-state index contributed by atoms with van der Waals surface area (Å²) in [6.45, 7) is 2.54. The average molecular weight is 176 g/mol. The van der Waals surface area contributed by atoms with Gasteiger partial charge in [0.1, 0.15) is 6.07 Å². The first-order chi connectivity index (χ1) is 6.24. The maximum absolute atomic E-state index is 8.73. The fourth-order valence-electron chi connectivity index (χ4n) is 0.904. The van der Waals surface area contributed by atoms with Gasteiger partial charge in [-0.1, -0.05) is 0 Å². The molecule has 0 amide bonds. The minimum Gasteiger partial charge on any atom is -0.381 e. The van der Waals surface area contributed by atoms with Crippen molar-refractivity contribution in [1.29, 1.82) is 5.26 Å². The molecule has 4 heteroatoms. The standard InChI is InChI=1S/C9H12N4/c1-7(11)5-13-9-6-12-3-2-8(9)4-10/h2-3,6-7,13H,5,11H2,1H3. The number of nitriles is 1. The van der Waals surface area contributed by atoms with Crippen molar-refractivity contribution in [1.82, 2.24) is 4.98 Å². The first kappa shape index (κ1) is 9.49. The highest BCUT2D eigenvalue weighted by Gasteiger charge is 2.00. The van der Waals surface area contributed by atoms with Gasteiger partial charge >= 0.3 is 0 Å². The van der Waals surface area contributed by atoms with Gasteiger partial charge in [0.2, 0.25) is 0 Å². The lowest BCUT2D eigenvalue weighted by Gasteiger charge is -2.09. The number of pyridine rings is 1. The molecule has 1 rings (SSSR count). The Bertz CT molecular complexity index is 314. The lowest BCUT2D eigenvalue weighted by molar-refractivity contribution is 0.779. The Morgan fingerprint density at radius 3 is 3.15 bits per heavy atom. The number of aromatic nitrogens is 1. The van der Waals surface area contributed by atoms with Crippen LogP contribution in [-0.2, 0) is 0 Å². The lowest BCUT2D eigenvalue weighted by Crippen LogP contribution is -2.25. The predicted molar refractivity (Wildman–Crippen MR) is 51.1 cm³/mol. The van der Waals surface area contributed by atoms with Crippen molar-refractivity contribution in [3.8, 4) is 6.07 Å². The van der Waals surface area contributed by atoms with E-state index in [4.69, 9.17) is 11.0 Å². The van der Waals surface area contributed by atoms with Gasteiger partial charge in [-0.2, -0.15) is 5.26 Å². The van der Waals surface area contributed by atoms with Crippen LogP contribution in [0.1, 0.15) is 12.5 Å². The van der Waals surface area contributed by atoms with Crippen LogP contribution in [0.5, 0.6) is 0 Å². The first-order valence-electron chi connectivity index (χ1n) is 4.07. The van der Waals surface area contributed by atoms with E-state index in [1.54, 1.807) is 18.5 Å². The number of hydrogen-bond donors (Lipinski definition) is 2. The van der Waals surface area contributed by atoms with Crippen molar-refractivity contribution in [2.45, 2.75) is 13.0 Å². The topological polar surface area (TPSA) is 74.7 Å². The van der Waals surface area contributed by atoms with E-state index in [2.05, 4.69) is 16.4 Å². The number of anilines is 1. The average Bonchev–Trinajstić information content (AvgIpc) is 2.15. The summed E-state index contributed by atoms with van der Waals surface area (Å²) in [6, 6.07) is 3.81. The monoisotopic (exact) mass is 176 g/mol. The molecule has 0 bridgehead atoms. The minimum absolute atomic E-state index is 0.0618. The Balaban J connectivity index is 2.71. The van der Waals surface area contributed by atoms with Crippen LogP contribution in [0.3, 0.4) is 0 Å². The zero-order valence-corrected chi connectivity index (χ0v) is 7.49. The fourth-order valence-corrected chi connectivity index (χ4v) is 0.904. The van der Waals surface area contributed by atoms with Gasteiger partial charge in [-0.05, 0) is 13.0 Å². The molecule has 3 N–H and O–H groups in total. The Morgan fingerprint density at radius 1 is 1.77 bits per heavy atom. The van der Waals surface area contributed by atoms with Gasteiger partial charge in [-0.25, -0.2) is 0 Å². The summed E-state index contributed by atoms with van der Waals surface area (Å²) in [4.78, 5) is 3.92. The van der Waals surface area contributed by atoms with Crippen molar-refractivity contribution in [2.75, 3.05) is 11.9 Å². The molecule has 0 aliphatic rings. The van der Waals surface area contributed by atoms with Gasteiger partial charge in [0.05, 0.1) is 17.4 Å². The molecular formula is C9H12N4. The quantitative estimate of drug-likeness (QED) is 0.711. The molecule has 68 valence electrons. The number of rotatable bonds is 3. The summed E-state index contributed by atoms with van der Waals surface area (Å²) in [5, 5.41) is 11.8. The molecule has 4 nitrogen and oxygen atoms in total. The van der Waals surface area contributed by atoms with E-state index in [9.17, 15) is 0 Å². The molecule has 1 aromatic rings. The van der Waals surface area contributed by atoms with Crippen molar-refractivity contribution < 1.29 is 0 Å². The van der Waals surface area contributed by atoms with Crippen LogP contribution in [0, 0.1) is 11.3 Å². The lowest BCUT2D eigenvalue weighted by atomic mass is 10.2. The first-order valence-corrected chi connectivity index (χ1v) is 4.07. The highest BCUT2D eigenvalue weighted by molar-refractivity contribution is 5.55. The largest absolute Gasteiger partial charge is 0.381 e. The van der Waals surface area contributed by atoms with E-state index in [1.807, 2.05) is 6.92 Å². The fraction of sp³-hybridized carbons (Fsp3) is 0.333. The Morgan fingerprint density at radius 2 is 2.54 bits per heavy atom. The molecule has 0 spiro atoms. The third kappa shape index (κ3) is 2.73. The maximum Gasteiger partial charge on any atom is 0.101 e. The molecule has 0 aliphatic carbocycles. The highest BCUT2D eigenvalue weighted by atomic mass is 14.9. The van der Waals surface area contributed by atoms with E-state index < -0.39 is 0 Å². The van der Waals surface area contributed by atoms with Crippen LogP contribution in [0.15, 0.2) is 18.5 Å². The molecule has 1 heterocycles. The Labute approximate surface area is 77.4 Å². The normalized spacial score (nSPS) is 11.8. The molecule has 1 atom stereocenters. The van der Waals surface area contributed by atoms with Crippen LogP contribution < -0.4 is 11.1 Å². The minimum atomic E-state index is 0.0618. The van der Waals surface area contributed by atoms with Crippen LogP contribution in [-0.4, -0.2) is 17.6 Å². The predicted octanol–water partition coefficient (Wildman–Crippen LogP) is 0.712. The molecule has 1 unspecified atom stereocenters. The van der Waals surface area contributed by atoms with E-state index in [1.165, 1.54) is 0 Å². The second-order valence-corrected chi connectivity index (χ2v) is 2.89. The number of nitrogens with zero attached hydrogens (tertiary/aromatic N) is 2. The second-order valence-electron chi connectivity index (χ2n) is 2.89. The molecule has 0 radical (unpaired) electrons. The number of hydrogen-bond acceptors (Lipinski definition) is 4. The van der Waals surface area contributed by atoms with Crippen molar-refractivity contribution in [2.24, 2.45) is 5.73 Å². The molecule has 0 aliphatic heterocycles. The van der Waals surface area contributed by atoms with Gasteiger partial charge in [-0.15, -0.1) is 0 Å². The zero-order chi connectivity index (χ0) is 9.68. The van der Waals surface area contributed by atoms with Crippen LogP contribution in [0.4, 0.5) is 5.69 Å². The van der Waals surface area contributed by atoms with Gasteiger partial charge < -0.3 is 11.1 Å². The van der Waals surface area contributed by atoms with Crippen LogP contribution in [0.25, 0.3) is 0 Å². The zero-order valence-electron chi connectivity index (χ0n) is 7.49. The molecule has 0 aromatic carbocycles. The highest BCUT2D eigenvalue weighted by Crippen LogP contribution is 2.10. The Kier molecular flexibility index (Phi) is 3.23.